The Bertz CT molecular complexity index is 700. The standard InChI is InChI=1S/C15H10F3NO2/c16-15(17,18)14(21)11-8-4-5-9-12(11)19(13(14)20)10-6-2-1-3-7-10/h1-9,21H/t14-/m1/s1. The Morgan fingerprint density at radius 3 is 2.14 bits per heavy atom. The first kappa shape index (κ1) is 13.6. The number of fused-ring (bicyclic) bond motifs is 1. The van der Waals surface area contributed by atoms with Gasteiger partial charge in [-0.1, -0.05) is 36.4 Å². The highest BCUT2D eigenvalue weighted by molar-refractivity contribution is 6.12. The second-order valence-corrected chi connectivity index (χ2v) is 4.70. The van der Waals surface area contributed by atoms with Crippen molar-refractivity contribution in [1.29, 1.82) is 0 Å². The van der Waals surface area contributed by atoms with Crippen molar-refractivity contribution in [2.24, 2.45) is 0 Å². The van der Waals surface area contributed by atoms with Gasteiger partial charge >= 0.3 is 6.18 Å². The van der Waals surface area contributed by atoms with Crippen LogP contribution in [0.5, 0.6) is 0 Å². The van der Waals surface area contributed by atoms with Crippen molar-refractivity contribution >= 4 is 17.3 Å². The summed E-state index contributed by atoms with van der Waals surface area (Å²) in [6.45, 7) is 0. The number of anilines is 2. The van der Waals surface area contributed by atoms with Crippen LogP contribution in [0.3, 0.4) is 0 Å². The molecule has 2 aromatic carbocycles. The second kappa shape index (κ2) is 4.33. The predicted molar refractivity (Wildman–Crippen MR) is 70.0 cm³/mol. The van der Waals surface area contributed by atoms with Crippen molar-refractivity contribution in [1.82, 2.24) is 0 Å². The molecule has 0 aromatic heterocycles. The van der Waals surface area contributed by atoms with Crippen LogP contribution < -0.4 is 4.90 Å². The molecule has 2 aromatic rings. The minimum Gasteiger partial charge on any atom is -0.368 e. The predicted octanol–water partition coefficient (Wildman–Crippen LogP) is 3.11. The maximum absolute atomic E-state index is 13.3. The number of hydrogen-bond donors (Lipinski definition) is 1. The minimum atomic E-state index is -5.09. The third-order valence-corrected chi connectivity index (χ3v) is 3.47. The first-order valence-electron chi connectivity index (χ1n) is 6.15. The quantitative estimate of drug-likeness (QED) is 0.877. The van der Waals surface area contributed by atoms with Crippen molar-refractivity contribution in [3.8, 4) is 0 Å². The normalized spacial score (nSPS) is 21.5. The van der Waals surface area contributed by atoms with E-state index in [4.69, 9.17) is 0 Å². The lowest BCUT2D eigenvalue weighted by molar-refractivity contribution is -0.253. The third-order valence-electron chi connectivity index (χ3n) is 3.47. The summed E-state index contributed by atoms with van der Waals surface area (Å²) in [5.41, 5.74) is -3.66. The average molecular weight is 293 g/mol. The molecule has 1 N–H and O–H groups in total. The minimum absolute atomic E-state index is 0.0357. The Morgan fingerprint density at radius 2 is 1.52 bits per heavy atom. The molecular formula is C15H10F3NO2. The van der Waals surface area contributed by atoms with E-state index in [1.54, 1.807) is 18.2 Å². The Hall–Kier alpha value is -2.34. The topological polar surface area (TPSA) is 40.5 Å². The molecule has 0 bridgehead atoms. The molecule has 1 aliphatic heterocycles. The van der Waals surface area contributed by atoms with Gasteiger partial charge in [0.05, 0.1) is 5.69 Å². The van der Waals surface area contributed by atoms with E-state index in [0.717, 1.165) is 11.0 Å². The number of rotatable bonds is 1. The van der Waals surface area contributed by atoms with Crippen molar-refractivity contribution in [3.05, 3.63) is 60.2 Å². The lowest BCUT2D eigenvalue weighted by atomic mass is 9.95. The summed E-state index contributed by atoms with van der Waals surface area (Å²) >= 11 is 0. The fraction of sp³-hybridized carbons (Fsp3) is 0.133. The van der Waals surface area contributed by atoms with Gasteiger partial charge < -0.3 is 5.11 Å². The highest BCUT2D eigenvalue weighted by Crippen LogP contribution is 2.51. The lowest BCUT2D eigenvalue weighted by Gasteiger charge is -2.25. The van der Waals surface area contributed by atoms with Crippen LogP contribution in [0.2, 0.25) is 0 Å². The van der Waals surface area contributed by atoms with Crippen molar-refractivity contribution in [2.75, 3.05) is 4.90 Å². The number of nitrogens with zero attached hydrogens (tertiary/aromatic N) is 1. The molecule has 3 nitrogen and oxygen atoms in total. The van der Waals surface area contributed by atoms with Gasteiger partial charge in [-0.05, 0) is 18.2 Å². The van der Waals surface area contributed by atoms with Gasteiger partial charge in [0.2, 0.25) is 0 Å². The number of hydrogen-bond acceptors (Lipinski definition) is 2. The van der Waals surface area contributed by atoms with Crippen molar-refractivity contribution in [2.45, 2.75) is 11.8 Å². The van der Waals surface area contributed by atoms with Gasteiger partial charge in [0.15, 0.2) is 0 Å². The maximum Gasteiger partial charge on any atom is 0.430 e. The first-order chi connectivity index (χ1) is 9.87. The molecule has 1 heterocycles. The molecule has 0 saturated carbocycles. The fourth-order valence-electron chi connectivity index (χ4n) is 2.47. The van der Waals surface area contributed by atoms with Crippen LogP contribution in [0, 0.1) is 0 Å². The summed E-state index contributed by atoms with van der Waals surface area (Å²) in [5.74, 6) is -1.41. The van der Waals surface area contributed by atoms with E-state index in [2.05, 4.69) is 0 Å². The number of aliphatic hydroxyl groups is 1. The second-order valence-electron chi connectivity index (χ2n) is 4.70. The average Bonchev–Trinajstić information content (AvgIpc) is 2.70. The first-order valence-corrected chi connectivity index (χ1v) is 6.15. The van der Waals surface area contributed by atoms with E-state index in [0.29, 0.717) is 0 Å². The van der Waals surface area contributed by atoms with E-state index in [9.17, 15) is 23.1 Å². The van der Waals surface area contributed by atoms with Crippen LogP contribution in [-0.4, -0.2) is 17.2 Å². The largest absolute Gasteiger partial charge is 0.430 e. The van der Waals surface area contributed by atoms with E-state index in [1.807, 2.05) is 0 Å². The highest BCUT2D eigenvalue weighted by atomic mass is 19.4. The Labute approximate surface area is 118 Å². The van der Waals surface area contributed by atoms with Gasteiger partial charge in [-0.15, -0.1) is 0 Å². The number of carbonyl (C=O) groups is 1. The molecule has 108 valence electrons. The van der Waals surface area contributed by atoms with Crippen LogP contribution in [0.4, 0.5) is 24.5 Å². The van der Waals surface area contributed by atoms with Gasteiger partial charge in [-0.2, -0.15) is 13.2 Å². The molecule has 0 aliphatic carbocycles. The maximum atomic E-state index is 13.3. The van der Waals surface area contributed by atoms with Crippen LogP contribution in [0.15, 0.2) is 54.6 Å². The lowest BCUT2D eigenvalue weighted by Crippen LogP contribution is -2.49. The number of halogens is 3. The summed E-state index contributed by atoms with van der Waals surface area (Å²) in [6, 6.07) is 13.3. The molecule has 0 unspecified atom stereocenters. The number of para-hydroxylation sites is 2. The molecule has 1 aliphatic rings. The summed E-state index contributed by atoms with van der Waals surface area (Å²) < 4.78 is 39.8. The van der Waals surface area contributed by atoms with Gasteiger partial charge in [-0.25, -0.2) is 0 Å². The monoisotopic (exact) mass is 293 g/mol. The number of carbonyl (C=O) groups excluding carboxylic acids is 1. The summed E-state index contributed by atoms with van der Waals surface area (Å²) in [4.78, 5) is 13.2. The summed E-state index contributed by atoms with van der Waals surface area (Å²) in [7, 11) is 0. The summed E-state index contributed by atoms with van der Waals surface area (Å²) in [6.07, 6.45) is -5.09. The molecule has 1 amide bonds. The van der Waals surface area contributed by atoms with Gasteiger partial charge in [0.1, 0.15) is 0 Å². The number of amides is 1. The molecule has 0 spiro atoms. The molecule has 21 heavy (non-hydrogen) atoms. The van der Waals surface area contributed by atoms with E-state index >= 15 is 0 Å². The third kappa shape index (κ3) is 1.76. The zero-order chi connectivity index (χ0) is 15.3. The van der Waals surface area contributed by atoms with Crippen LogP contribution in [0.25, 0.3) is 0 Å². The van der Waals surface area contributed by atoms with Crippen molar-refractivity contribution in [3.63, 3.8) is 0 Å². The van der Waals surface area contributed by atoms with Crippen LogP contribution in [-0.2, 0) is 10.4 Å². The van der Waals surface area contributed by atoms with E-state index in [1.165, 1.54) is 30.3 Å². The van der Waals surface area contributed by atoms with Crippen LogP contribution in [0.1, 0.15) is 5.56 Å². The molecule has 0 radical (unpaired) electrons. The Morgan fingerprint density at radius 1 is 0.952 bits per heavy atom. The smallest absolute Gasteiger partial charge is 0.368 e. The highest BCUT2D eigenvalue weighted by Gasteiger charge is 2.66. The molecule has 3 rings (SSSR count). The molecule has 6 heteroatoms. The molecule has 1 atom stereocenters. The molecule has 0 saturated heterocycles. The van der Waals surface area contributed by atoms with Gasteiger partial charge in [0.25, 0.3) is 11.5 Å². The van der Waals surface area contributed by atoms with Crippen molar-refractivity contribution < 1.29 is 23.1 Å². The molecular weight excluding hydrogens is 283 g/mol. The zero-order valence-corrected chi connectivity index (χ0v) is 10.6. The summed E-state index contributed by atoms with van der Waals surface area (Å²) in [5, 5.41) is 10.1. The van der Waals surface area contributed by atoms with Crippen LogP contribution >= 0.6 is 0 Å². The SMILES string of the molecule is O=C1N(c2ccccc2)c2ccccc2[C@]1(O)C(F)(F)F. The molecule has 0 fully saturated rings. The Balaban J connectivity index is 2.25. The van der Waals surface area contributed by atoms with E-state index in [-0.39, 0.29) is 11.4 Å². The number of alkyl halides is 3. The zero-order valence-electron chi connectivity index (χ0n) is 10.6. The van der Waals surface area contributed by atoms with E-state index < -0.39 is 23.2 Å². The van der Waals surface area contributed by atoms with Gasteiger partial charge in [-0.3, -0.25) is 9.69 Å². The fourth-order valence-corrected chi connectivity index (χ4v) is 2.47. The Kier molecular flexibility index (Phi) is 2.81. The number of benzene rings is 2. The van der Waals surface area contributed by atoms with Gasteiger partial charge in [0, 0.05) is 11.3 Å².